The summed E-state index contributed by atoms with van der Waals surface area (Å²) in [6.45, 7) is 1.86. The first-order valence-electron chi connectivity index (χ1n) is 6.31. The van der Waals surface area contributed by atoms with E-state index in [1.54, 1.807) is 0 Å². The van der Waals surface area contributed by atoms with Gasteiger partial charge in [0.05, 0.1) is 6.04 Å². The van der Waals surface area contributed by atoms with Gasteiger partial charge in [-0.2, -0.15) is 0 Å². The molecule has 4 N–H and O–H groups in total. The maximum Gasteiger partial charge on any atom is 0.329 e. The first kappa shape index (κ1) is 15.4. The maximum absolute atomic E-state index is 12.2. The summed E-state index contributed by atoms with van der Waals surface area (Å²) in [7, 11) is 0. The number of hydrogen-bond acceptors (Lipinski definition) is 4. The summed E-state index contributed by atoms with van der Waals surface area (Å²) in [6, 6.07) is -0.965. The van der Waals surface area contributed by atoms with E-state index in [2.05, 4.69) is 0 Å². The zero-order valence-corrected chi connectivity index (χ0v) is 11.0. The molecule has 1 fully saturated rings. The van der Waals surface area contributed by atoms with E-state index in [1.807, 2.05) is 0 Å². The number of carboxylic acid groups (broad SMARTS) is 2. The molecule has 0 aromatic heterocycles. The first-order valence-corrected chi connectivity index (χ1v) is 6.31. The third-order valence-corrected chi connectivity index (χ3v) is 3.60. The van der Waals surface area contributed by atoms with Crippen LogP contribution in [0.4, 0.5) is 0 Å². The minimum absolute atomic E-state index is 0.0143. The van der Waals surface area contributed by atoms with Gasteiger partial charge in [0, 0.05) is 13.0 Å². The van der Waals surface area contributed by atoms with Crippen LogP contribution in [0.5, 0.6) is 0 Å². The fourth-order valence-corrected chi connectivity index (χ4v) is 2.30. The Hall–Kier alpha value is -1.63. The fraction of sp³-hybridized carbons (Fsp3) is 0.750. The molecule has 2 atom stereocenters. The van der Waals surface area contributed by atoms with E-state index in [9.17, 15) is 19.5 Å². The second-order valence-electron chi connectivity index (χ2n) is 5.06. The van der Waals surface area contributed by atoms with E-state index in [0.29, 0.717) is 13.0 Å². The molecule has 0 aromatic rings. The lowest BCUT2D eigenvalue weighted by molar-refractivity contribution is -0.161. The second kappa shape index (κ2) is 6.01. The molecular formula is C12H20N2O5. The van der Waals surface area contributed by atoms with E-state index in [4.69, 9.17) is 10.8 Å². The number of rotatable bonds is 5. The highest BCUT2D eigenvalue weighted by molar-refractivity contribution is 5.89. The predicted octanol–water partition coefficient (Wildman–Crippen LogP) is 0.0343. The van der Waals surface area contributed by atoms with Crippen LogP contribution in [0.2, 0.25) is 0 Å². The summed E-state index contributed by atoms with van der Waals surface area (Å²) >= 11 is 0. The summed E-state index contributed by atoms with van der Waals surface area (Å²) in [4.78, 5) is 35.3. The van der Waals surface area contributed by atoms with Crippen LogP contribution in [0, 0.1) is 0 Å². The summed E-state index contributed by atoms with van der Waals surface area (Å²) in [6.07, 6.45) is 1.68. The van der Waals surface area contributed by atoms with Crippen LogP contribution in [0.25, 0.3) is 0 Å². The molecule has 108 valence electrons. The molecule has 0 spiro atoms. The summed E-state index contributed by atoms with van der Waals surface area (Å²) in [5, 5.41) is 17.9. The molecule has 19 heavy (non-hydrogen) atoms. The Balaban J connectivity index is 2.77. The zero-order valence-electron chi connectivity index (χ0n) is 11.0. The Kier molecular flexibility index (Phi) is 4.88. The number of nitrogens with zero attached hydrogens (tertiary/aromatic N) is 1. The smallest absolute Gasteiger partial charge is 0.329 e. The molecule has 1 saturated heterocycles. The third kappa shape index (κ3) is 3.44. The normalized spacial score (nSPS) is 24.8. The number of nitrogens with two attached hydrogens (primary N) is 1. The molecule has 7 heteroatoms. The Morgan fingerprint density at radius 3 is 2.47 bits per heavy atom. The van der Waals surface area contributed by atoms with Crippen LogP contribution in [0.1, 0.15) is 39.0 Å². The number of hydrogen-bond donors (Lipinski definition) is 3. The molecule has 0 saturated carbocycles. The van der Waals surface area contributed by atoms with Crippen LogP contribution in [-0.2, 0) is 14.4 Å². The van der Waals surface area contributed by atoms with Crippen molar-refractivity contribution in [2.24, 2.45) is 5.73 Å². The SMILES string of the molecule is CC1(C(=O)O)CCCCN1C(=O)C(N)CCC(=O)O. The zero-order chi connectivity index (χ0) is 14.6. The minimum Gasteiger partial charge on any atom is -0.481 e. The second-order valence-corrected chi connectivity index (χ2v) is 5.06. The lowest BCUT2D eigenvalue weighted by Gasteiger charge is -2.42. The number of carbonyl (C=O) groups excluding carboxylic acids is 1. The lowest BCUT2D eigenvalue weighted by atomic mass is 9.87. The van der Waals surface area contributed by atoms with Crippen LogP contribution < -0.4 is 5.73 Å². The predicted molar refractivity (Wildman–Crippen MR) is 66.5 cm³/mol. The Morgan fingerprint density at radius 1 is 1.32 bits per heavy atom. The van der Waals surface area contributed by atoms with E-state index in [1.165, 1.54) is 11.8 Å². The highest BCUT2D eigenvalue weighted by atomic mass is 16.4. The van der Waals surface area contributed by atoms with Gasteiger partial charge in [-0.3, -0.25) is 9.59 Å². The summed E-state index contributed by atoms with van der Waals surface area (Å²) < 4.78 is 0. The standard InChI is InChI=1S/C12H20N2O5/c1-12(11(18)19)6-2-3-7-14(12)10(17)8(13)4-5-9(15)16/h8H,2-7,13H2,1H3,(H,15,16)(H,18,19). The Labute approximate surface area is 111 Å². The molecule has 0 radical (unpaired) electrons. The van der Waals surface area contributed by atoms with Crippen molar-refractivity contribution in [3.63, 3.8) is 0 Å². The highest BCUT2D eigenvalue weighted by Crippen LogP contribution is 2.29. The largest absolute Gasteiger partial charge is 0.481 e. The summed E-state index contributed by atoms with van der Waals surface area (Å²) in [5.74, 6) is -2.56. The van der Waals surface area contributed by atoms with Gasteiger partial charge in [-0.15, -0.1) is 0 Å². The van der Waals surface area contributed by atoms with E-state index in [0.717, 1.165) is 12.8 Å². The average molecular weight is 272 g/mol. The highest BCUT2D eigenvalue weighted by Gasteiger charge is 2.44. The van der Waals surface area contributed by atoms with Crippen molar-refractivity contribution in [3.8, 4) is 0 Å². The van der Waals surface area contributed by atoms with Gasteiger partial charge in [-0.05, 0) is 32.6 Å². The van der Waals surface area contributed by atoms with E-state index >= 15 is 0 Å². The number of aliphatic carboxylic acids is 2. The Morgan fingerprint density at radius 2 is 1.95 bits per heavy atom. The Bertz CT molecular complexity index is 384. The molecular weight excluding hydrogens is 252 g/mol. The van der Waals surface area contributed by atoms with Crippen molar-refractivity contribution in [1.82, 2.24) is 4.90 Å². The van der Waals surface area contributed by atoms with Crippen LogP contribution in [0.15, 0.2) is 0 Å². The van der Waals surface area contributed by atoms with Gasteiger partial charge in [0.25, 0.3) is 0 Å². The molecule has 0 bridgehead atoms. The number of piperidine rings is 1. The number of amides is 1. The molecule has 1 aliphatic rings. The van der Waals surface area contributed by atoms with Gasteiger partial charge < -0.3 is 20.8 Å². The average Bonchev–Trinajstić information content (AvgIpc) is 2.35. The molecule has 1 heterocycles. The van der Waals surface area contributed by atoms with Gasteiger partial charge >= 0.3 is 11.9 Å². The molecule has 1 aliphatic heterocycles. The van der Waals surface area contributed by atoms with Crippen LogP contribution in [-0.4, -0.2) is 51.1 Å². The minimum atomic E-state index is -1.24. The summed E-state index contributed by atoms with van der Waals surface area (Å²) in [5.41, 5.74) is 4.43. The van der Waals surface area contributed by atoms with Crippen molar-refractivity contribution < 1.29 is 24.6 Å². The molecule has 0 aromatic carbocycles. The maximum atomic E-state index is 12.2. The van der Waals surface area contributed by atoms with Gasteiger partial charge in [-0.1, -0.05) is 0 Å². The quantitative estimate of drug-likeness (QED) is 0.649. The molecule has 1 amide bonds. The van der Waals surface area contributed by atoms with E-state index in [-0.39, 0.29) is 12.8 Å². The van der Waals surface area contributed by atoms with Gasteiger partial charge in [0.15, 0.2) is 0 Å². The third-order valence-electron chi connectivity index (χ3n) is 3.60. The topological polar surface area (TPSA) is 121 Å². The van der Waals surface area contributed by atoms with Crippen molar-refractivity contribution in [1.29, 1.82) is 0 Å². The van der Waals surface area contributed by atoms with Crippen LogP contribution in [0.3, 0.4) is 0 Å². The number of carbonyl (C=O) groups is 3. The molecule has 0 aliphatic carbocycles. The molecule has 7 nitrogen and oxygen atoms in total. The van der Waals surface area contributed by atoms with Crippen molar-refractivity contribution >= 4 is 17.8 Å². The van der Waals surface area contributed by atoms with Crippen molar-refractivity contribution in [2.75, 3.05) is 6.54 Å². The van der Waals surface area contributed by atoms with E-state index < -0.39 is 29.4 Å². The number of likely N-dealkylation sites (tertiary alicyclic amines) is 1. The van der Waals surface area contributed by atoms with Crippen LogP contribution >= 0.6 is 0 Å². The monoisotopic (exact) mass is 272 g/mol. The first-order chi connectivity index (χ1) is 8.79. The van der Waals surface area contributed by atoms with Gasteiger partial charge in [-0.25, -0.2) is 4.79 Å². The van der Waals surface area contributed by atoms with Gasteiger partial charge in [0.1, 0.15) is 5.54 Å². The molecule has 1 rings (SSSR count). The van der Waals surface area contributed by atoms with Gasteiger partial charge in [0.2, 0.25) is 5.91 Å². The fourth-order valence-electron chi connectivity index (χ4n) is 2.30. The number of carboxylic acids is 2. The van der Waals surface area contributed by atoms with Crippen molar-refractivity contribution in [3.05, 3.63) is 0 Å². The molecule has 2 unspecified atom stereocenters. The van der Waals surface area contributed by atoms with Crippen molar-refractivity contribution in [2.45, 2.75) is 50.6 Å². The lowest BCUT2D eigenvalue weighted by Crippen LogP contribution is -2.60.